The molecule has 1 saturated heterocycles. The number of ether oxygens (including phenoxy) is 2. The third kappa shape index (κ3) is 5.65. The number of amides is 4. The lowest BCUT2D eigenvalue weighted by Crippen LogP contribution is -2.54. The predicted octanol–water partition coefficient (Wildman–Crippen LogP) is 5.92. The van der Waals surface area contributed by atoms with Gasteiger partial charge in [-0.15, -0.1) is 0 Å². The Morgan fingerprint density at radius 1 is 0.974 bits per heavy atom. The number of imide groups is 2. The molecule has 0 radical (unpaired) electrons. The zero-order valence-corrected chi connectivity index (χ0v) is 20.8. The molecular formula is C27H20ClF3N2O5. The van der Waals surface area contributed by atoms with Crippen molar-refractivity contribution in [3.05, 3.63) is 93.5 Å². The van der Waals surface area contributed by atoms with E-state index in [0.717, 1.165) is 23.3 Å². The first-order valence-corrected chi connectivity index (χ1v) is 11.5. The van der Waals surface area contributed by atoms with Crippen LogP contribution in [0.5, 0.6) is 11.5 Å². The summed E-state index contributed by atoms with van der Waals surface area (Å²) in [6.45, 7) is 2.24. The van der Waals surface area contributed by atoms with Crippen LogP contribution in [0.15, 0.2) is 66.2 Å². The number of methoxy groups -OCH3 is 1. The minimum absolute atomic E-state index is 0.271. The number of alkyl halides is 3. The van der Waals surface area contributed by atoms with Crippen molar-refractivity contribution in [2.45, 2.75) is 19.7 Å². The zero-order chi connectivity index (χ0) is 27.6. The topological polar surface area (TPSA) is 84.9 Å². The van der Waals surface area contributed by atoms with Gasteiger partial charge in [0.25, 0.3) is 11.8 Å². The fourth-order valence-corrected chi connectivity index (χ4v) is 3.84. The van der Waals surface area contributed by atoms with Crippen molar-refractivity contribution >= 4 is 41.2 Å². The van der Waals surface area contributed by atoms with Crippen molar-refractivity contribution in [2.75, 3.05) is 12.0 Å². The fraction of sp³-hybridized carbons (Fsp3) is 0.148. The van der Waals surface area contributed by atoms with E-state index in [1.807, 2.05) is 36.5 Å². The summed E-state index contributed by atoms with van der Waals surface area (Å²) in [6.07, 6.45) is -3.56. The summed E-state index contributed by atoms with van der Waals surface area (Å²) in [5, 5.41) is 1.67. The first kappa shape index (κ1) is 26.7. The molecule has 0 saturated carbocycles. The van der Waals surface area contributed by atoms with Crippen LogP contribution >= 0.6 is 11.6 Å². The molecule has 0 aliphatic carbocycles. The number of nitrogens with one attached hydrogen (secondary N) is 1. The van der Waals surface area contributed by atoms with Crippen LogP contribution in [0.2, 0.25) is 5.02 Å². The van der Waals surface area contributed by atoms with Gasteiger partial charge in [-0.25, -0.2) is 9.69 Å². The van der Waals surface area contributed by atoms with Crippen molar-refractivity contribution in [1.29, 1.82) is 0 Å². The molecule has 4 rings (SSSR count). The first-order valence-electron chi connectivity index (χ1n) is 11.1. The second kappa shape index (κ2) is 10.6. The van der Waals surface area contributed by atoms with Crippen molar-refractivity contribution in [3.8, 4) is 11.5 Å². The minimum atomic E-state index is -4.75. The number of halogens is 4. The second-order valence-electron chi connectivity index (χ2n) is 8.31. The maximum absolute atomic E-state index is 13.2. The third-order valence-corrected chi connectivity index (χ3v) is 5.95. The zero-order valence-electron chi connectivity index (χ0n) is 20.1. The van der Waals surface area contributed by atoms with E-state index < -0.39 is 40.8 Å². The lowest BCUT2D eigenvalue weighted by atomic mass is 10.1. The Hall–Kier alpha value is -4.31. The molecule has 1 aliphatic heterocycles. The Kier molecular flexibility index (Phi) is 7.45. The summed E-state index contributed by atoms with van der Waals surface area (Å²) < 4.78 is 50.9. The molecule has 0 unspecified atom stereocenters. The highest BCUT2D eigenvalue weighted by Crippen LogP contribution is 2.37. The second-order valence-corrected chi connectivity index (χ2v) is 8.71. The number of barbiturate groups is 1. The normalized spacial score (nSPS) is 15.1. The van der Waals surface area contributed by atoms with Crippen molar-refractivity contribution in [3.63, 3.8) is 0 Å². The summed E-state index contributed by atoms with van der Waals surface area (Å²) in [7, 11) is 1.42. The van der Waals surface area contributed by atoms with Crippen LogP contribution in [0.4, 0.5) is 23.7 Å². The van der Waals surface area contributed by atoms with Crippen molar-refractivity contribution < 1.29 is 37.0 Å². The van der Waals surface area contributed by atoms with Crippen LogP contribution in [0.25, 0.3) is 6.08 Å². The van der Waals surface area contributed by atoms with Gasteiger partial charge in [0.1, 0.15) is 12.2 Å². The summed E-state index contributed by atoms with van der Waals surface area (Å²) in [6, 6.07) is 13.4. The van der Waals surface area contributed by atoms with Crippen LogP contribution < -0.4 is 19.7 Å². The SMILES string of the molecule is COc1cc(/C=C2\C(=O)NC(=O)N(c3cc(C(F)(F)F)ccc3Cl)C2=O)ccc1OCc1ccc(C)cc1. The Morgan fingerprint density at radius 2 is 1.68 bits per heavy atom. The molecule has 1 heterocycles. The Labute approximate surface area is 220 Å². The van der Waals surface area contributed by atoms with Crippen LogP contribution in [0.3, 0.4) is 0 Å². The fourth-order valence-electron chi connectivity index (χ4n) is 3.64. The maximum Gasteiger partial charge on any atom is 0.416 e. The van der Waals surface area contributed by atoms with Crippen molar-refractivity contribution in [1.82, 2.24) is 5.32 Å². The summed E-state index contributed by atoms with van der Waals surface area (Å²) in [4.78, 5) is 38.5. The lowest BCUT2D eigenvalue weighted by Gasteiger charge is -2.27. The number of anilines is 1. The number of benzene rings is 3. The van der Waals surface area contributed by atoms with Gasteiger partial charge < -0.3 is 9.47 Å². The molecule has 7 nitrogen and oxygen atoms in total. The molecule has 0 bridgehead atoms. The summed E-state index contributed by atoms with van der Waals surface area (Å²) in [5.41, 5.74) is 0.263. The number of nitrogens with zero attached hydrogens (tertiary/aromatic N) is 1. The Balaban J connectivity index is 1.63. The molecule has 4 amide bonds. The van der Waals surface area contributed by atoms with Crippen LogP contribution in [-0.2, 0) is 22.4 Å². The number of hydrogen-bond donors (Lipinski definition) is 1. The number of rotatable bonds is 6. The van der Waals surface area contributed by atoms with Gasteiger partial charge in [0, 0.05) is 0 Å². The van der Waals surface area contributed by atoms with E-state index in [9.17, 15) is 27.6 Å². The highest BCUT2D eigenvalue weighted by Gasteiger charge is 2.39. The minimum Gasteiger partial charge on any atom is -0.493 e. The van der Waals surface area contributed by atoms with E-state index >= 15 is 0 Å². The predicted molar refractivity (Wildman–Crippen MR) is 134 cm³/mol. The van der Waals surface area contributed by atoms with E-state index in [1.54, 1.807) is 12.1 Å². The van der Waals surface area contributed by atoms with Gasteiger partial charge in [-0.1, -0.05) is 47.5 Å². The average molecular weight is 545 g/mol. The van der Waals surface area contributed by atoms with Gasteiger partial charge >= 0.3 is 12.2 Å². The largest absolute Gasteiger partial charge is 0.493 e. The smallest absolute Gasteiger partial charge is 0.416 e. The molecule has 1 aliphatic rings. The molecule has 3 aromatic rings. The quantitative estimate of drug-likeness (QED) is 0.307. The molecule has 0 atom stereocenters. The Morgan fingerprint density at radius 3 is 2.34 bits per heavy atom. The number of urea groups is 1. The molecule has 1 N–H and O–H groups in total. The van der Waals surface area contributed by atoms with Gasteiger partial charge in [0.05, 0.1) is 23.4 Å². The van der Waals surface area contributed by atoms with Gasteiger partial charge in [0.2, 0.25) is 0 Å². The Bertz CT molecular complexity index is 1450. The molecule has 1 fully saturated rings. The molecule has 11 heteroatoms. The summed E-state index contributed by atoms with van der Waals surface area (Å²) in [5.74, 6) is -1.44. The van der Waals surface area contributed by atoms with Crippen LogP contribution in [0.1, 0.15) is 22.3 Å². The number of hydrogen-bond acceptors (Lipinski definition) is 5. The van der Waals surface area contributed by atoms with Crippen LogP contribution in [0, 0.1) is 6.92 Å². The average Bonchev–Trinajstić information content (AvgIpc) is 2.86. The molecule has 0 spiro atoms. The van der Waals surface area contributed by atoms with Crippen LogP contribution in [-0.4, -0.2) is 25.0 Å². The standard InChI is InChI=1S/C27H20ClF3N2O5/c1-15-3-5-16(6-4-15)14-38-22-10-7-17(12-23(22)37-2)11-19-24(34)32-26(36)33(25(19)35)21-13-18(27(29,30)31)8-9-20(21)28/h3-13H,14H2,1-2H3,(H,32,34,36)/b19-11+. The number of aryl methyl sites for hydroxylation is 1. The maximum atomic E-state index is 13.2. The van der Waals surface area contributed by atoms with E-state index in [2.05, 4.69) is 0 Å². The number of carbonyl (C=O) groups is 3. The molecular weight excluding hydrogens is 525 g/mol. The van der Waals surface area contributed by atoms with E-state index in [0.29, 0.717) is 28.0 Å². The van der Waals surface area contributed by atoms with Gasteiger partial charge in [-0.2, -0.15) is 13.2 Å². The monoisotopic (exact) mass is 544 g/mol. The molecule has 0 aromatic heterocycles. The van der Waals surface area contributed by atoms with Gasteiger partial charge in [-0.05, 0) is 54.5 Å². The van der Waals surface area contributed by atoms with E-state index in [-0.39, 0.29) is 11.6 Å². The highest BCUT2D eigenvalue weighted by atomic mass is 35.5. The molecule has 3 aromatic carbocycles. The highest BCUT2D eigenvalue weighted by molar-refractivity contribution is 6.42. The van der Waals surface area contributed by atoms with Gasteiger partial charge in [-0.3, -0.25) is 14.9 Å². The van der Waals surface area contributed by atoms with Gasteiger partial charge in [0.15, 0.2) is 11.5 Å². The molecule has 196 valence electrons. The summed E-state index contributed by atoms with van der Waals surface area (Å²) >= 11 is 6.02. The molecule has 38 heavy (non-hydrogen) atoms. The first-order chi connectivity index (χ1) is 18.0. The third-order valence-electron chi connectivity index (χ3n) is 5.63. The lowest BCUT2D eigenvalue weighted by molar-refractivity contribution is -0.137. The number of carbonyl (C=O) groups excluding carboxylic acids is 3. The van der Waals surface area contributed by atoms with E-state index in [4.69, 9.17) is 21.1 Å². The van der Waals surface area contributed by atoms with Crippen molar-refractivity contribution in [2.24, 2.45) is 0 Å². The van der Waals surface area contributed by atoms with E-state index in [1.165, 1.54) is 19.3 Å².